The number of aryl methyl sites for hydroxylation is 2. The molecule has 0 spiro atoms. The van der Waals surface area contributed by atoms with Crippen molar-refractivity contribution in [2.24, 2.45) is 7.05 Å². The van der Waals surface area contributed by atoms with E-state index in [1.807, 2.05) is 51.2 Å². The van der Waals surface area contributed by atoms with E-state index >= 15 is 0 Å². The van der Waals surface area contributed by atoms with Crippen LogP contribution in [-0.4, -0.2) is 35.6 Å². The molecule has 10 heteroatoms. The first-order valence-electron chi connectivity index (χ1n) is 11.4. The molecule has 0 unspecified atom stereocenters. The van der Waals surface area contributed by atoms with Crippen molar-refractivity contribution < 1.29 is 4.79 Å². The molecule has 0 saturated heterocycles. The van der Waals surface area contributed by atoms with Crippen LogP contribution >= 0.6 is 11.6 Å². The maximum atomic E-state index is 13.3. The molecule has 3 N–H and O–H groups in total. The van der Waals surface area contributed by atoms with Gasteiger partial charge in [-0.25, -0.2) is 15.0 Å². The van der Waals surface area contributed by atoms with Gasteiger partial charge in [0.15, 0.2) is 11.5 Å². The van der Waals surface area contributed by atoms with Crippen molar-refractivity contribution in [3.8, 4) is 22.6 Å². The molecule has 35 heavy (non-hydrogen) atoms. The molecule has 1 aliphatic rings. The fraction of sp³-hybridized carbons (Fsp3) is 0.280. The molecule has 4 aromatic rings. The molecule has 1 fully saturated rings. The van der Waals surface area contributed by atoms with Gasteiger partial charge in [-0.3, -0.25) is 14.5 Å². The van der Waals surface area contributed by atoms with Crippen molar-refractivity contribution >= 4 is 23.3 Å². The van der Waals surface area contributed by atoms with E-state index in [1.54, 1.807) is 16.9 Å². The minimum atomic E-state index is -0.438. The molecule has 1 atom stereocenters. The summed E-state index contributed by atoms with van der Waals surface area (Å²) in [5.41, 5.74) is 11.0. The molecule has 0 aliphatic heterocycles. The normalized spacial score (nSPS) is 14.1. The van der Waals surface area contributed by atoms with Gasteiger partial charge in [-0.2, -0.15) is 5.10 Å². The van der Waals surface area contributed by atoms with Crippen molar-refractivity contribution in [2.45, 2.75) is 38.6 Å². The van der Waals surface area contributed by atoms with Crippen LogP contribution < -0.4 is 11.1 Å². The molecule has 0 aromatic carbocycles. The van der Waals surface area contributed by atoms with E-state index in [-0.39, 0.29) is 17.6 Å². The van der Waals surface area contributed by atoms with Crippen LogP contribution in [-0.2, 0) is 7.05 Å². The Hall–Kier alpha value is -3.85. The summed E-state index contributed by atoms with van der Waals surface area (Å²) in [7, 11) is 1.81. The zero-order valence-electron chi connectivity index (χ0n) is 19.7. The number of nitrogens with two attached hydrogens (primary N) is 1. The maximum absolute atomic E-state index is 13.3. The number of halogens is 1. The lowest BCUT2D eigenvalue weighted by Gasteiger charge is -2.16. The molecule has 0 bridgehead atoms. The predicted molar refractivity (Wildman–Crippen MR) is 134 cm³/mol. The third kappa shape index (κ3) is 4.85. The molecule has 9 nitrogen and oxygen atoms in total. The zero-order valence-corrected chi connectivity index (χ0v) is 20.4. The molecular weight excluding hydrogens is 464 g/mol. The number of aromatic nitrogens is 6. The monoisotopic (exact) mass is 488 g/mol. The summed E-state index contributed by atoms with van der Waals surface area (Å²) in [5, 5.41) is 7.72. The number of hydrogen-bond acceptors (Lipinski definition) is 7. The molecular formula is C25H25ClN8O. The standard InChI is InChI=1S/C25H25ClN8O/c1-13-11-16(12-20(26)28-13)21-22(19-9-10-34(3)33-19)32-24(27)23(31-21)25(35)29-14(2)17-5-4-6-18(30-17)15-7-8-15/h4-6,9-12,14-15H,7-8H2,1-3H3,(H2,27,32)(H,29,35)/t14-/m0/s1. The third-order valence-corrected chi connectivity index (χ3v) is 6.06. The van der Waals surface area contributed by atoms with Crippen LogP contribution in [0.15, 0.2) is 42.6 Å². The topological polar surface area (TPSA) is 124 Å². The first kappa shape index (κ1) is 22.9. The van der Waals surface area contributed by atoms with Crippen LogP contribution in [0.5, 0.6) is 0 Å². The Morgan fingerprint density at radius 1 is 1.14 bits per heavy atom. The first-order valence-corrected chi connectivity index (χ1v) is 11.8. The molecule has 1 saturated carbocycles. The minimum absolute atomic E-state index is 0.00988. The number of nitrogen functional groups attached to an aromatic ring is 1. The van der Waals surface area contributed by atoms with Crippen LogP contribution in [0.3, 0.4) is 0 Å². The number of hydrogen-bond donors (Lipinski definition) is 2. The lowest BCUT2D eigenvalue weighted by Crippen LogP contribution is -2.29. The summed E-state index contributed by atoms with van der Waals surface area (Å²) >= 11 is 6.22. The summed E-state index contributed by atoms with van der Waals surface area (Å²) < 4.78 is 1.66. The Labute approximate surface area is 207 Å². The van der Waals surface area contributed by atoms with E-state index in [1.165, 1.54) is 0 Å². The first-order chi connectivity index (χ1) is 16.8. The van der Waals surface area contributed by atoms with Crippen molar-refractivity contribution in [3.63, 3.8) is 0 Å². The zero-order chi connectivity index (χ0) is 24.7. The average Bonchev–Trinajstić information content (AvgIpc) is 3.58. The number of nitrogens with one attached hydrogen (secondary N) is 1. The second kappa shape index (κ2) is 9.07. The van der Waals surface area contributed by atoms with E-state index in [9.17, 15) is 4.79 Å². The van der Waals surface area contributed by atoms with Crippen LogP contribution in [0.4, 0.5) is 5.82 Å². The quantitative estimate of drug-likeness (QED) is 0.389. The van der Waals surface area contributed by atoms with Crippen molar-refractivity contribution in [1.29, 1.82) is 0 Å². The smallest absolute Gasteiger partial charge is 0.274 e. The molecule has 178 valence electrons. The van der Waals surface area contributed by atoms with Gasteiger partial charge in [-0.05, 0) is 57.0 Å². The highest BCUT2D eigenvalue weighted by molar-refractivity contribution is 6.29. The second-order valence-electron chi connectivity index (χ2n) is 8.81. The van der Waals surface area contributed by atoms with Crippen LogP contribution in [0, 0.1) is 6.92 Å². The highest BCUT2D eigenvalue weighted by Gasteiger charge is 2.26. The molecule has 0 radical (unpaired) electrons. The van der Waals surface area contributed by atoms with Gasteiger partial charge < -0.3 is 11.1 Å². The summed E-state index contributed by atoms with van der Waals surface area (Å²) in [6, 6.07) is 10.9. The Kier molecular flexibility index (Phi) is 5.94. The summed E-state index contributed by atoms with van der Waals surface area (Å²) in [4.78, 5) is 31.4. The van der Waals surface area contributed by atoms with Crippen LogP contribution in [0.1, 0.15) is 59.3 Å². The van der Waals surface area contributed by atoms with E-state index < -0.39 is 5.91 Å². The van der Waals surface area contributed by atoms with Crippen molar-refractivity contribution in [2.75, 3.05) is 5.73 Å². The van der Waals surface area contributed by atoms with Gasteiger partial charge in [0.1, 0.15) is 16.5 Å². The van der Waals surface area contributed by atoms with Gasteiger partial charge >= 0.3 is 0 Å². The van der Waals surface area contributed by atoms with E-state index in [4.69, 9.17) is 22.3 Å². The minimum Gasteiger partial charge on any atom is -0.382 e. The Bertz CT molecular complexity index is 1410. The van der Waals surface area contributed by atoms with Crippen molar-refractivity contribution in [3.05, 3.63) is 70.5 Å². The summed E-state index contributed by atoms with van der Waals surface area (Å²) in [5.74, 6) is 0.0965. The SMILES string of the molecule is Cc1cc(-c2nc(C(=O)N[C@@H](C)c3cccc(C4CC4)n3)c(N)nc2-c2ccn(C)n2)cc(Cl)n1. The lowest BCUT2D eigenvalue weighted by molar-refractivity contribution is 0.0935. The number of carbonyl (C=O) groups excluding carboxylic acids is 1. The number of carbonyl (C=O) groups is 1. The molecule has 1 aliphatic carbocycles. The van der Waals surface area contributed by atoms with Crippen LogP contribution in [0.25, 0.3) is 22.6 Å². The fourth-order valence-electron chi connectivity index (χ4n) is 3.96. The Balaban J connectivity index is 1.52. The van der Waals surface area contributed by atoms with Gasteiger partial charge in [-0.1, -0.05) is 17.7 Å². The molecule has 5 rings (SSSR count). The number of amides is 1. The summed E-state index contributed by atoms with van der Waals surface area (Å²) in [6.45, 7) is 3.72. The van der Waals surface area contributed by atoms with Gasteiger partial charge in [0.25, 0.3) is 5.91 Å². The largest absolute Gasteiger partial charge is 0.382 e. The summed E-state index contributed by atoms with van der Waals surface area (Å²) in [6.07, 6.45) is 4.12. The van der Waals surface area contributed by atoms with E-state index in [0.717, 1.165) is 24.2 Å². The average molecular weight is 489 g/mol. The number of nitrogens with zero attached hydrogens (tertiary/aromatic N) is 6. The molecule has 1 amide bonds. The van der Waals surface area contributed by atoms with Gasteiger partial charge in [-0.15, -0.1) is 0 Å². The van der Waals surface area contributed by atoms with Gasteiger partial charge in [0.2, 0.25) is 0 Å². The van der Waals surface area contributed by atoms with Gasteiger partial charge in [0, 0.05) is 36.1 Å². The Morgan fingerprint density at radius 3 is 2.63 bits per heavy atom. The van der Waals surface area contributed by atoms with E-state index in [2.05, 4.69) is 25.4 Å². The third-order valence-electron chi connectivity index (χ3n) is 5.87. The number of anilines is 1. The highest BCUT2D eigenvalue weighted by atomic mass is 35.5. The predicted octanol–water partition coefficient (Wildman–Crippen LogP) is 4.25. The van der Waals surface area contributed by atoms with Crippen LogP contribution in [0.2, 0.25) is 5.15 Å². The highest BCUT2D eigenvalue weighted by Crippen LogP contribution is 2.39. The lowest BCUT2D eigenvalue weighted by atomic mass is 10.1. The van der Waals surface area contributed by atoms with Gasteiger partial charge in [0.05, 0.1) is 17.4 Å². The maximum Gasteiger partial charge on any atom is 0.274 e. The number of rotatable bonds is 6. The van der Waals surface area contributed by atoms with E-state index in [0.29, 0.717) is 39.4 Å². The number of pyridine rings is 2. The Morgan fingerprint density at radius 2 is 1.94 bits per heavy atom. The second-order valence-corrected chi connectivity index (χ2v) is 9.19. The van der Waals surface area contributed by atoms with Crippen molar-refractivity contribution in [1.82, 2.24) is 35.0 Å². The molecule has 4 aromatic heterocycles. The fourth-order valence-corrected chi connectivity index (χ4v) is 4.21. The molecule has 4 heterocycles.